The predicted molar refractivity (Wildman–Crippen MR) is 55.7 cm³/mol. The quantitative estimate of drug-likeness (QED) is 0.555. The standard InChI is InChI=1S/C11H14N2O/c1-2-3-4-7-12-8-10-5-6-11(14)9-13-10/h5-6,9,12,14H,4,7-8H2,1H3. The minimum atomic E-state index is 0.200. The fourth-order valence-electron chi connectivity index (χ4n) is 1.01. The van der Waals surface area contributed by atoms with Crippen molar-refractivity contribution < 1.29 is 5.11 Å². The number of aromatic hydroxyl groups is 1. The molecular weight excluding hydrogens is 176 g/mol. The molecule has 0 aromatic carbocycles. The second-order valence-corrected chi connectivity index (χ2v) is 2.86. The Hall–Kier alpha value is -1.53. The van der Waals surface area contributed by atoms with E-state index in [4.69, 9.17) is 5.11 Å². The topological polar surface area (TPSA) is 45.1 Å². The molecule has 0 unspecified atom stereocenters. The summed E-state index contributed by atoms with van der Waals surface area (Å²) in [6.45, 7) is 3.41. The molecule has 0 saturated carbocycles. The molecule has 1 heterocycles. The van der Waals surface area contributed by atoms with Crippen molar-refractivity contribution in [3.05, 3.63) is 24.0 Å². The summed E-state index contributed by atoms with van der Waals surface area (Å²) in [6, 6.07) is 3.43. The molecular formula is C11H14N2O. The summed E-state index contributed by atoms with van der Waals surface area (Å²) < 4.78 is 0. The molecule has 1 aromatic rings. The van der Waals surface area contributed by atoms with E-state index in [1.54, 1.807) is 12.1 Å². The van der Waals surface area contributed by atoms with Crippen LogP contribution in [0.15, 0.2) is 18.3 Å². The molecule has 0 aliphatic rings. The third kappa shape index (κ3) is 3.92. The molecule has 0 bridgehead atoms. The van der Waals surface area contributed by atoms with Gasteiger partial charge in [-0.15, -0.1) is 11.8 Å². The Morgan fingerprint density at radius 1 is 1.50 bits per heavy atom. The Balaban J connectivity index is 2.23. The van der Waals surface area contributed by atoms with Crippen LogP contribution in [0, 0.1) is 11.8 Å². The molecule has 0 fully saturated rings. The van der Waals surface area contributed by atoms with E-state index >= 15 is 0 Å². The van der Waals surface area contributed by atoms with Crippen molar-refractivity contribution in [2.24, 2.45) is 0 Å². The third-order valence-corrected chi connectivity index (χ3v) is 1.72. The third-order valence-electron chi connectivity index (χ3n) is 1.72. The van der Waals surface area contributed by atoms with Gasteiger partial charge in [-0.1, -0.05) is 0 Å². The zero-order chi connectivity index (χ0) is 10.2. The number of nitrogens with zero attached hydrogens (tertiary/aromatic N) is 1. The van der Waals surface area contributed by atoms with Crippen molar-refractivity contribution in [3.63, 3.8) is 0 Å². The van der Waals surface area contributed by atoms with Gasteiger partial charge in [-0.05, 0) is 19.1 Å². The second kappa shape index (κ2) is 6.01. The lowest BCUT2D eigenvalue weighted by Gasteiger charge is -2.01. The molecule has 0 aliphatic heterocycles. The highest BCUT2D eigenvalue weighted by molar-refractivity contribution is 5.17. The van der Waals surface area contributed by atoms with Gasteiger partial charge in [-0.2, -0.15) is 0 Å². The molecule has 74 valence electrons. The van der Waals surface area contributed by atoms with Crippen molar-refractivity contribution in [1.29, 1.82) is 0 Å². The zero-order valence-electron chi connectivity index (χ0n) is 8.25. The van der Waals surface area contributed by atoms with Crippen LogP contribution in [0.1, 0.15) is 19.0 Å². The summed E-state index contributed by atoms with van der Waals surface area (Å²) in [5, 5.41) is 12.2. The minimum absolute atomic E-state index is 0.200. The van der Waals surface area contributed by atoms with Crippen LogP contribution >= 0.6 is 0 Å². The van der Waals surface area contributed by atoms with Crippen LogP contribution < -0.4 is 5.32 Å². The first-order valence-corrected chi connectivity index (χ1v) is 4.57. The first-order chi connectivity index (χ1) is 6.83. The summed E-state index contributed by atoms with van der Waals surface area (Å²) in [6.07, 6.45) is 2.30. The van der Waals surface area contributed by atoms with E-state index in [-0.39, 0.29) is 5.75 Å². The molecule has 0 atom stereocenters. The largest absolute Gasteiger partial charge is 0.506 e. The summed E-state index contributed by atoms with van der Waals surface area (Å²) in [7, 11) is 0. The van der Waals surface area contributed by atoms with Crippen molar-refractivity contribution in [2.45, 2.75) is 19.9 Å². The summed E-state index contributed by atoms with van der Waals surface area (Å²) in [4.78, 5) is 4.05. The fourth-order valence-corrected chi connectivity index (χ4v) is 1.01. The molecule has 3 heteroatoms. The molecule has 3 nitrogen and oxygen atoms in total. The minimum Gasteiger partial charge on any atom is -0.506 e. The predicted octanol–water partition coefficient (Wildman–Crippen LogP) is 1.29. The summed E-state index contributed by atoms with van der Waals surface area (Å²) in [5.74, 6) is 6.01. The molecule has 14 heavy (non-hydrogen) atoms. The van der Waals surface area contributed by atoms with Crippen LogP contribution in [0.2, 0.25) is 0 Å². The van der Waals surface area contributed by atoms with Crippen LogP contribution in [-0.2, 0) is 6.54 Å². The highest BCUT2D eigenvalue weighted by Gasteiger charge is 1.93. The van der Waals surface area contributed by atoms with E-state index in [0.29, 0.717) is 6.54 Å². The summed E-state index contributed by atoms with van der Waals surface area (Å²) in [5.41, 5.74) is 0.923. The van der Waals surface area contributed by atoms with E-state index in [1.165, 1.54) is 6.20 Å². The fraction of sp³-hybridized carbons (Fsp3) is 0.364. The normalized spacial score (nSPS) is 9.21. The van der Waals surface area contributed by atoms with Gasteiger partial charge in [0.15, 0.2) is 0 Å². The highest BCUT2D eigenvalue weighted by atomic mass is 16.3. The Bertz CT molecular complexity index is 321. The average Bonchev–Trinajstić information content (AvgIpc) is 2.21. The SMILES string of the molecule is CC#CCCNCc1ccc(O)cn1. The van der Waals surface area contributed by atoms with E-state index in [1.807, 2.05) is 6.92 Å². The Kier molecular flexibility index (Phi) is 4.53. The van der Waals surface area contributed by atoms with Gasteiger partial charge in [-0.3, -0.25) is 4.98 Å². The van der Waals surface area contributed by atoms with Gasteiger partial charge in [0.2, 0.25) is 0 Å². The number of hydrogen-bond acceptors (Lipinski definition) is 3. The monoisotopic (exact) mass is 190 g/mol. The highest BCUT2D eigenvalue weighted by Crippen LogP contribution is 2.05. The van der Waals surface area contributed by atoms with E-state index in [2.05, 4.69) is 22.1 Å². The molecule has 0 saturated heterocycles. The summed E-state index contributed by atoms with van der Waals surface area (Å²) >= 11 is 0. The molecule has 0 aliphatic carbocycles. The number of pyridine rings is 1. The van der Waals surface area contributed by atoms with Crippen LogP contribution in [0.3, 0.4) is 0 Å². The van der Waals surface area contributed by atoms with Crippen LogP contribution in [0.25, 0.3) is 0 Å². The second-order valence-electron chi connectivity index (χ2n) is 2.86. The maximum Gasteiger partial charge on any atom is 0.133 e. The molecule has 1 aromatic heterocycles. The molecule has 0 amide bonds. The van der Waals surface area contributed by atoms with Crippen molar-refractivity contribution in [1.82, 2.24) is 10.3 Å². The lowest BCUT2D eigenvalue weighted by Crippen LogP contribution is -2.14. The van der Waals surface area contributed by atoms with Gasteiger partial charge < -0.3 is 10.4 Å². The Labute approximate surface area is 84.2 Å². The first kappa shape index (κ1) is 10.6. The maximum absolute atomic E-state index is 9.00. The molecule has 2 N–H and O–H groups in total. The average molecular weight is 190 g/mol. The molecule has 0 radical (unpaired) electrons. The van der Waals surface area contributed by atoms with Crippen molar-refractivity contribution in [2.75, 3.05) is 6.54 Å². The first-order valence-electron chi connectivity index (χ1n) is 4.57. The number of rotatable bonds is 4. The van der Waals surface area contributed by atoms with Crippen LogP contribution in [0.4, 0.5) is 0 Å². The van der Waals surface area contributed by atoms with E-state index in [9.17, 15) is 0 Å². The van der Waals surface area contributed by atoms with Gasteiger partial charge >= 0.3 is 0 Å². The number of hydrogen-bond donors (Lipinski definition) is 2. The maximum atomic E-state index is 9.00. The number of nitrogens with one attached hydrogen (secondary N) is 1. The van der Waals surface area contributed by atoms with Crippen molar-refractivity contribution in [3.8, 4) is 17.6 Å². The van der Waals surface area contributed by atoms with E-state index in [0.717, 1.165) is 18.7 Å². The van der Waals surface area contributed by atoms with Crippen molar-refractivity contribution >= 4 is 0 Å². The van der Waals surface area contributed by atoms with Gasteiger partial charge in [0.1, 0.15) is 5.75 Å². The molecule has 0 spiro atoms. The van der Waals surface area contributed by atoms with Gasteiger partial charge in [0, 0.05) is 19.5 Å². The number of aromatic nitrogens is 1. The van der Waals surface area contributed by atoms with Gasteiger partial charge in [0.25, 0.3) is 0 Å². The molecule has 1 rings (SSSR count). The lowest BCUT2D eigenvalue weighted by molar-refractivity contribution is 0.471. The van der Waals surface area contributed by atoms with Gasteiger partial charge in [0.05, 0.1) is 11.9 Å². The van der Waals surface area contributed by atoms with Gasteiger partial charge in [-0.25, -0.2) is 0 Å². The smallest absolute Gasteiger partial charge is 0.133 e. The van der Waals surface area contributed by atoms with Crippen LogP contribution in [0.5, 0.6) is 5.75 Å². The Morgan fingerprint density at radius 3 is 3.00 bits per heavy atom. The Morgan fingerprint density at radius 2 is 2.36 bits per heavy atom. The zero-order valence-corrected chi connectivity index (χ0v) is 8.25. The van der Waals surface area contributed by atoms with Crippen LogP contribution in [-0.4, -0.2) is 16.6 Å². The lowest BCUT2D eigenvalue weighted by atomic mass is 10.3. The van der Waals surface area contributed by atoms with E-state index < -0.39 is 0 Å².